The first-order valence-electron chi connectivity index (χ1n) is 27.9. The van der Waals surface area contributed by atoms with Crippen molar-refractivity contribution in [3.63, 3.8) is 0 Å². The summed E-state index contributed by atoms with van der Waals surface area (Å²) in [4.78, 5) is 10.2. The van der Waals surface area contributed by atoms with Crippen LogP contribution in [-0.2, 0) is 0 Å². The van der Waals surface area contributed by atoms with Crippen LogP contribution in [0.5, 0.6) is 0 Å². The molecule has 4 heteroatoms. The van der Waals surface area contributed by atoms with Crippen molar-refractivity contribution < 1.29 is 0 Å². The predicted octanol–water partition coefficient (Wildman–Crippen LogP) is 15.1. The first-order valence-corrected chi connectivity index (χ1v) is 27.9. The Morgan fingerprint density at radius 1 is 0.311 bits per heavy atom. The van der Waals surface area contributed by atoms with Crippen molar-refractivity contribution in [2.45, 2.75) is 207 Å². The van der Waals surface area contributed by atoms with Crippen LogP contribution in [0.3, 0.4) is 0 Å². The molecule has 0 N–H and O–H groups in total. The fourth-order valence-electron chi connectivity index (χ4n) is 13.2. The molecule has 4 aliphatic heterocycles. The summed E-state index contributed by atoms with van der Waals surface area (Å²) in [6, 6.07) is 0.942. The normalized spacial score (nSPS) is 35.8. The summed E-state index contributed by atoms with van der Waals surface area (Å²) in [5.74, 6) is 15.1. The van der Waals surface area contributed by atoms with Gasteiger partial charge in [-0.1, -0.05) is 111 Å². The number of likely N-dealkylation sites (tertiary alicyclic amines) is 4. The topological polar surface area (TPSA) is 13.0 Å². The number of piperidine rings is 1. The van der Waals surface area contributed by atoms with Gasteiger partial charge < -0.3 is 19.6 Å². The minimum absolute atomic E-state index is 0.906. The van der Waals surface area contributed by atoms with Crippen LogP contribution < -0.4 is 0 Å². The second-order valence-electron chi connectivity index (χ2n) is 22.4. The lowest BCUT2D eigenvalue weighted by Gasteiger charge is -2.32. The third-order valence-corrected chi connectivity index (χ3v) is 17.4. The summed E-state index contributed by atoms with van der Waals surface area (Å²) in [5, 5.41) is 0. The molecule has 4 saturated carbocycles. The monoisotopic (exact) mass is 859 g/mol. The SMILES string of the molecule is CC.CC.CC.CC.CC(C)C1CC2CCCN(C)CC2C1.CC(C)C1CC2CCN(C)C2C1.CC(C)C1CC2CCN(C)CC2C1.CC(C)C1CC2CCN(C)CCC2C1. The maximum Gasteiger partial charge on any atom is 0.0124 e. The van der Waals surface area contributed by atoms with Crippen molar-refractivity contribution in [3.8, 4) is 0 Å². The van der Waals surface area contributed by atoms with Crippen molar-refractivity contribution in [2.24, 2.45) is 88.8 Å². The zero-order valence-corrected chi connectivity index (χ0v) is 45.9. The molecule has 11 atom stereocenters. The van der Waals surface area contributed by atoms with Crippen LogP contribution in [0, 0.1) is 88.8 Å². The van der Waals surface area contributed by atoms with E-state index in [4.69, 9.17) is 0 Å². The minimum Gasteiger partial charge on any atom is -0.306 e. The molecule has 4 saturated heterocycles. The van der Waals surface area contributed by atoms with E-state index in [0.717, 1.165) is 94.8 Å². The molecule has 8 fully saturated rings. The Morgan fingerprint density at radius 2 is 0.607 bits per heavy atom. The highest BCUT2D eigenvalue weighted by Gasteiger charge is 2.42. The van der Waals surface area contributed by atoms with E-state index in [1.54, 1.807) is 0 Å². The maximum atomic E-state index is 2.58. The molecular formula is C57H118N4. The Morgan fingerprint density at radius 3 is 1.00 bits per heavy atom. The lowest BCUT2D eigenvalue weighted by Crippen LogP contribution is -2.35. The van der Waals surface area contributed by atoms with Gasteiger partial charge >= 0.3 is 0 Å². The van der Waals surface area contributed by atoms with E-state index in [-0.39, 0.29) is 0 Å². The van der Waals surface area contributed by atoms with Gasteiger partial charge in [-0.05, 0) is 240 Å². The van der Waals surface area contributed by atoms with Crippen LogP contribution in [0.2, 0.25) is 0 Å². The highest BCUT2D eigenvalue weighted by atomic mass is 15.2. The summed E-state index contributed by atoms with van der Waals surface area (Å²) < 4.78 is 0. The number of hydrogen-bond donors (Lipinski definition) is 0. The average molecular weight is 860 g/mol. The van der Waals surface area contributed by atoms with E-state index in [2.05, 4.69) is 103 Å². The number of nitrogens with zero attached hydrogens (tertiary/aromatic N) is 4. The van der Waals surface area contributed by atoms with Crippen molar-refractivity contribution in [1.29, 1.82) is 0 Å². The molecule has 0 bridgehead atoms. The quantitative estimate of drug-likeness (QED) is 0.279. The molecule has 4 aliphatic carbocycles. The zero-order chi connectivity index (χ0) is 46.4. The molecule has 0 spiro atoms. The number of fused-ring (bicyclic) bond motifs is 4. The van der Waals surface area contributed by atoms with E-state index in [1.807, 2.05) is 55.4 Å². The fourth-order valence-corrected chi connectivity index (χ4v) is 13.2. The maximum absolute atomic E-state index is 2.58. The van der Waals surface area contributed by atoms with Gasteiger partial charge in [0.2, 0.25) is 0 Å². The molecule has 61 heavy (non-hydrogen) atoms. The number of hydrogen-bond acceptors (Lipinski definition) is 4. The van der Waals surface area contributed by atoms with Crippen LogP contribution in [0.4, 0.5) is 0 Å². The first kappa shape index (κ1) is 58.9. The van der Waals surface area contributed by atoms with Crippen molar-refractivity contribution in [1.82, 2.24) is 19.6 Å². The molecule has 8 aliphatic rings. The largest absolute Gasteiger partial charge is 0.306 e. The molecule has 0 amide bonds. The lowest BCUT2D eigenvalue weighted by atomic mass is 9.89. The van der Waals surface area contributed by atoms with Gasteiger partial charge in [0.1, 0.15) is 0 Å². The van der Waals surface area contributed by atoms with Crippen LogP contribution in [0.1, 0.15) is 201 Å². The molecular weight excluding hydrogens is 741 g/mol. The van der Waals surface area contributed by atoms with E-state index < -0.39 is 0 Å². The fraction of sp³-hybridized carbons (Fsp3) is 1.00. The van der Waals surface area contributed by atoms with Gasteiger partial charge in [-0.25, -0.2) is 0 Å². The Bertz CT molecular complexity index is 1020. The molecule has 11 unspecified atom stereocenters. The predicted molar refractivity (Wildman–Crippen MR) is 277 cm³/mol. The summed E-state index contributed by atoms with van der Waals surface area (Å²) in [7, 11) is 9.15. The third-order valence-electron chi connectivity index (χ3n) is 17.4. The second-order valence-corrected chi connectivity index (χ2v) is 22.4. The van der Waals surface area contributed by atoms with Crippen LogP contribution in [-0.4, -0.2) is 99.6 Å². The zero-order valence-electron chi connectivity index (χ0n) is 45.9. The van der Waals surface area contributed by atoms with Gasteiger partial charge in [-0.2, -0.15) is 0 Å². The first-order chi connectivity index (χ1) is 29.2. The molecule has 366 valence electrons. The summed E-state index contributed by atoms with van der Waals surface area (Å²) in [6.07, 6.45) is 20.9. The second kappa shape index (κ2) is 31.7. The molecule has 0 radical (unpaired) electrons. The van der Waals surface area contributed by atoms with E-state index >= 15 is 0 Å². The van der Waals surface area contributed by atoms with Crippen molar-refractivity contribution >= 4 is 0 Å². The summed E-state index contributed by atoms with van der Waals surface area (Å²) in [5.41, 5.74) is 0. The van der Waals surface area contributed by atoms with Crippen molar-refractivity contribution in [3.05, 3.63) is 0 Å². The smallest absolute Gasteiger partial charge is 0.0124 e. The van der Waals surface area contributed by atoms with Crippen LogP contribution >= 0.6 is 0 Å². The Labute approximate surface area is 387 Å². The van der Waals surface area contributed by atoms with Gasteiger partial charge in [0.25, 0.3) is 0 Å². The van der Waals surface area contributed by atoms with Crippen LogP contribution in [0.25, 0.3) is 0 Å². The summed E-state index contributed by atoms with van der Waals surface area (Å²) in [6.45, 7) is 44.6. The van der Waals surface area contributed by atoms with Gasteiger partial charge in [0.05, 0.1) is 0 Å². The molecule has 0 aromatic rings. The van der Waals surface area contributed by atoms with Gasteiger partial charge in [0.15, 0.2) is 0 Å². The molecule has 4 nitrogen and oxygen atoms in total. The van der Waals surface area contributed by atoms with E-state index in [9.17, 15) is 0 Å². The Hall–Kier alpha value is -0.160. The molecule has 0 aromatic carbocycles. The van der Waals surface area contributed by atoms with E-state index in [1.165, 1.54) is 136 Å². The molecule has 0 aromatic heterocycles. The lowest BCUT2D eigenvalue weighted by molar-refractivity contribution is 0.166. The highest BCUT2D eigenvalue weighted by molar-refractivity contribution is 4.95. The Kier molecular flexibility index (Phi) is 30.6. The van der Waals surface area contributed by atoms with Crippen molar-refractivity contribution in [2.75, 3.05) is 74.0 Å². The number of rotatable bonds is 4. The van der Waals surface area contributed by atoms with Gasteiger partial charge in [-0.15, -0.1) is 0 Å². The van der Waals surface area contributed by atoms with Crippen LogP contribution in [0.15, 0.2) is 0 Å². The Balaban J connectivity index is 0.000000385. The third kappa shape index (κ3) is 19.3. The van der Waals surface area contributed by atoms with Gasteiger partial charge in [0, 0.05) is 19.1 Å². The van der Waals surface area contributed by atoms with Gasteiger partial charge in [-0.3, -0.25) is 0 Å². The minimum atomic E-state index is 0.906. The average Bonchev–Trinajstić information content (AvgIpc) is 4.08. The summed E-state index contributed by atoms with van der Waals surface area (Å²) >= 11 is 0. The van der Waals surface area contributed by atoms with E-state index in [0.29, 0.717) is 0 Å². The molecule has 4 heterocycles. The molecule has 8 rings (SSSR count). The highest BCUT2D eigenvalue weighted by Crippen LogP contribution is 2.47. The standard InChI is InChI=1S/2C13H25N.C12H23N.C11H21N.4C2H6/c1-10(2)13-8-11-4-6-14(3)7-5-12(11)9-13;1-10(2)12-7-11-5-4-6-14(3)9-13(11)8-12;1-9(2)11-6-10-4-5-13(3)8-12(10)7-11;1-8(2)10-6-9-4-5-12(3)11(9)7-10;4*1-2/h2*10-13H,4-9H2,1-3H3;9-12H,4-8H2,1-3H3;8-11H,4-7H2,1-3H3;4*1-2H3.